The summed E-state index contributed by atoms with van der Waals surface area (Å²) in [4.78, 5) is 35.4. The summed E-state index contributed by atoms with van der Waals surface area (Å²) in [6, 6.07) is 0. The fraction of sp³-hybridized carbons (Fsp3) is 0.720. The summed E-state index contributed by atoms with van der Waals surface area (Å²) in [5.74, 6) is -0.914. The molecule has 0 rings (SSSR count). The average Bonchev–Trinajstić information content (AvgIpc) is 3.21. The van der Waals surface area contributed by atoms with E-state index in [1.165, 1.54) is 77.0 Å². The molecular weight excluding hydrogens is 790 g/mol. The topological polar surface area (TPSA) is 129 Å². The van der Waals surface area contributed by atoms with Crippen molar-refractivity contribution >= 4 is 19.8 Å². The SMILES string of the molecule is CCCCC/C=C\C=C/[C@@H](O)C/C=C\C/C=C/CCCC(=O)OC[C@H](COP(=O)(O)OCC[N+](C)(C)C)OC(=O)CCCCCCCCCCC/C=C\C/C=C\CCCCC. The molecule has 0 aromatic heterocycles. The Labute approximate surface area is 372 Å². The highest BCUT2D eigenvalue weighted by molar-refractivity contribution is 7.47. The Morgan fingerprint density at radius 1 is 0.590 bits per heavy atom. The lowest BCUT2D eigenvalue weighted by atomic mass is 10.1. The molecule has 0 fully saturated rings. The molecule has 352 valence electrons. The summed E-state index contributed by atoms with van der Waals surface area (Å²) in [6.45, 7) is 4.20. The molecule has 1 unspecified atom stereocenters. The summed E-state index contributed by atoms with van der Waals surface area (Å²) in [5, 5.41) is 10.1. The van der Waals surface area contributed by atoms with E-state index in [4.69, 9.17) is 18.5 Å². The number of hydrogen-bond acceptors (Lipinski definition) is 8. The first-order chi connectivity index (χ1) is 29.4. The van der Waals surface area contributed by atoms with Gasteiger partial charge in [-0.2, -0.15) is 0 Å². The highest BCUT2D eigenvalue weighted by atomic mass is 31.2. The normalized spacial score (nSPS) is 14.7. The van der Waals surface area contributed by atoms with Crippen LogP contribution in [0.5, 0.6) is 0 Å². The Morgan fingerprint density at radius 2 is 1.10 bits per heavy atom. The second-order valence-corrected chi connectivity index (χ2v) is 18.4. The number of rotatable bonds is 42. The molecular formula is C50H89NO9P+. The first kappa shape index (κ1) is 58.4. The number of aliphatic hydroxyl groups is 1. The van der Waals surface area contributed by atoms with E-state index in [-0.39, 0.29) is 26.1 Å². The largest absolute Gasteiger partial charge is 0.472 e. The van der Waals surface area contributed by atoms with Gasteiger partial charge in [-0.15, -0.1) is 0 Å². The third kappa shape index (κ3) is 45.3. The van der Waals surface area contributed by atoms with Gasteiger partial charge in [-0.3, -0.25) is 18.6 Å². The van der Waals surface area contributed by atoms with Crippen molar-refractivity contribution < 1.29 is 47.2 Å². The van der Waals surface area contributed by atoms with Crippen molar-refractivity contribution in [3.05, 3.63) is 72.9 Å². The monoisotopic (exact) mass is 879 g/mol. The minimum atomic E-state index is -4.41. The number of quaternary nitrogens is 1. The minimum absolute atomic E-state index is 0.00864. The summed E-state index contributed by atoms with van der Waals surface area (Å²) < 4.78 is 34.3. The van der Waals surface area contributed by atoms with E-state index in [1.807, 2.05) is 57.6 Å². The predicted octanol–water partition coefficient (Wildman–Crippen LogP) is 12.8. The number of carbonyl (C=O) groups excluding carboxylic acids is 2. The Morgan fingerprint density at radius 3 is 1.69 bits per heavy atom. The number of aliphatic hydroxyl groups excluding tert-OH is 1. The van der Waals surface area contributed by atoms with E-state index in [0.717, 1.165) is 44.9 Å². The van der Waals surface area contributed by atoms with Crippen LogP contribution in [0.15, 0.2) is 72.9 Å². The van der Waals surface area contributed by atoms with E-state index in [1.54, 1.807) is 6.08 Å². The van der Waals surface area contributed by atoms with Crippen LogP contribution in [0.1, 0.15) is 174 Å². The van der Waals surface area contributed by atoms with Crippen LogP contribution < -0.4 is 0 Å². The molecule has 0 aromatic carbocycles. The molecule has 0 saturated heterocycles. The molecule has 0 aliphatic rings. The molecule has 0 aliphatic heterocycles. The van der Waals surface area contributed by atoms with Crippen molar-refractivity contribution in [3.63, 3.8) is 0 Å². The lowest BCUT2D eigenvalue weighted by molar-refractivity contribution is -0.870. The Balaban J connectivity index is 4.46. The number of nitrogens with zero attached hydrogens (tertiary/aromatic N) is 1. The highest BCUT2D eigenvalue weighted by Gasteiger charge is 2.27. The van der Waals surface area contributed by atoms with Crippen LogP contribution in [-0.4, -0.2) is 86.1 Å². The van der Waals surface area contributed by atoms with Crippen molar-refractivity contribution in [1.82, 2.24) is 0 Å². The number of phosphoric acid groups is 1. The van der Waals surface area contributed by atoms with Crippen LogP contribution in [0.3, 0.4) is 0 Å². The molecule has 0 aromatic rings. The molecule has 0 radical (unpaired) electrons. The number of hydrogen-bond donors (Lipinski definition) is 2. The van der Waals surface area contributed by atoms with Gasteiger partial charge in [0.1, 0.15) is 19.8 Å². The van der Waals surface area contributed by atoms with Crippen molar-refractivity contribution in [2.45, 2.75) is 187 Å². The Kier molecular flexibility index (Phi) is 39.7. The van der Waals surface area contributed by atoms with Crippen LogP contribution in [0, 0.1) is 0 Å². The molecule has 2 N–H and O–H groups in total. The molecule has 61 heavy (non-hydrogen) atoms. The maximum absolute atomic E-state index is 12.7. The van der Waals surface area contributed by atoms with Gasteiger partial charge in [0.05, 0.1) is 33.9 Å². The second kappa shape index (κ2) is 41.4. The zero-order valence-corrected chi connectivity index (χ0v) is 40.1. The predicted molar refractivity (Wildman–Crippen MR) is 253 cm³/mol. The average molecular weight is 879 g/mol. The standard InChI is InChI=1S/C50H88NO9P/c1-6-8-10-12-14-15-16-17-18-19-20-21-22-23-24-25-29-34-38-42-50(54)60-48(46-59-61(55,56)58-44-43-51(3,4)5)45-57-49(53)41-37-33-30-26-28-32-36-40-47(52)39-35-31-27-13-11-9-7-2/h14-15,17-18,26-27,30-32,35-36,39,47-48,52H,6-13,16,19-25,28-29,33-34,37-38,40-46H2,1-5H3/p+1/b15-14-,18-17-,30-26+,31-27-,36-32-,39-35-/t47-,48-/m1/s1. The summed E-state index contributed by atoms with van der Waals surface area (Å²) in [5.41, 5.74) is 0. The number of likely N-dealkylation sites (N-methyl/N-ethyl adjacent to an activating group) is 1. The van der Waals surface area contributed by atoms with Gasteiger partial charge in [-0.05, 0) is 77.0 Å². The van der Waals surface area contributed by atoms with Crippen LogP contribution in [-0.2, 0) is 32.7 Å². The first-order valence-electron chi connectivity index (χ1n) is 23.8. The van der Waals surface area contributed by atoms with Crippen LogP contribution >= 0.6 is 7.82 Å². The zero-order valence-electron chi connectivity index (χ0n) is 39.2. The Hall–Kier alpha value is -2.59. The van der Waals surface area contributed by atoms with Crippen LogP contribution in [0.25, 0.3) is 0 Å². The number of carbonyl (C=O) groups is 2. The zero-order chi connectivity index (χ0) is 45.1. The van der Waals surface area contributed by atoms with Gasteiger partial charge in [-0.25, -0.2) is 4.57 Å². The second-order valence-electron chi connectivity index (χ2n) is 17.0. The van der Waals surface area contributed by atoms with E-state index in [9.17, 15) is 24.2 Å². The number of ether oxygens (including phenoxy) is 2. The van der Waals surface area contributed by atoms with Gasteiger partial charge in [0, 0.05) is 12.8 Å². The van der Waals surface area contributed by atoms with Crippen LogP contribution in [0.2, 0.25) is 0 Å². The third-order valence-electron chi connectivity index (χ3n) is 9.79. The molecule has 0 bridgehead atoms. The summed E-state index contributed by atoms with van der Waals surface area (Å²) in [6.07, 6.45) is 48.3. The van der Waals surface area contributed by atoms with Crippen molar-refractivity contribution in [2.24, 2.45) is 0 Å². The number of unbranched alkanes of at least 4 members (excludes halogenated alkanes) is 16. The van der Waals surface area contributed by atoms with E-state index >= 15 is 0 Å². The van der Waals surface area contributed by atoms with Crippen LogP contribution in [0.4, 0.5) is 0 Å². The van der Waals surface area contributed by atoms with Crippen molar-refractivity contribution in [1.29, 1.82) is 0 Å². The fourth-order valence-electron chi connectivity index (χ4n) is 6.00. The molecule has 10 nitrogen and oxygen atoms in total. The minimum Gasteiger partial charge on any atom is -0.462 e. The van der Waals surface area contributed by atoms with Gasteiger partial charge < -0.3 is 24.0 Å². The van der Waals surface area contributed by atoms with E-state index in [0.29, 0.717) is 36.7 Å². The molecule has 0 aliphatic carbocycles. The molecule has 0 heterocycles. The van der Waals surface area contributed by atoms with Crippen molar-refractivity contribution in [2.75, 3.05) is 47.5 Å². The van der Waals surface area contributed by atoms with E-state index < -0.39 is 38.6 Å². The quantitative estimate of drug-likeness (QED) is 0.0154. The van der Waals surface area contributed by atoms with Gasteiger partial charge in [0.15, 0.2) is 6.10 Å². The Bertz CT molecular complexity index is 1280. The van der Waals surface area contributed by atoms with Gasteiger partial charge in [-0.1, -0.05) is 157 Å². The third-order valence-corrected chi connectivity index (χ3v) is 10.8. The number of allylic oxidation sites excluding steroid dienone is 10. The van der Waals surface area contributed by atoms with Gasteiger partial charge in [0.2, 0.25) is 0 Å². The maximum atomic E-state index is 12.7. The summed E-state index contributed by atoms with van der Waals surface area (Å²) in [7, 11) is 1.40. The van der Waals surface area contributed by atoms with Gasteiger partial charge >= 0.3 is 19.8 Å². The molecule has 0 saturated carbocycles. The summed E-state index contributed by atoms with van der Waals surface area (Å²) >= 11 is 0. The first-order valence-corrected chi connectivity index (χ1v) is 25.3. The molecule has 3 atom stereocenters. The fourth-order valence-corrected chi connectivity index (χ4v) is 6.74. The van der Waals surface area contributed by atoms with Crippen molar-refractivity contribution in [3.8, 4) is 0 Å². The number of esters is 2. The highest BCUT2D eigenvalue weighted by Crippen LogP contribution is 2.43. The molecule has 0 amide bonds. The smallest absolute Gasteiger partial charge is 0.462 e. The van der Waals surface area contributed by atoms with Gasteiger partial charge in [0.25, 0.3) is 0 Å². The lowest BCUT2D eigenvalue weighted by Crippen LogP contribution is -2.37. The van der Waals surface area contributed by atoms with E-state index in [2.05, 4.69) is 44.2 Å². The molecule has 11 heteroatoms. The number of phosphoric ester groups is 1. The molecule has 0 spiro atoms. The lowest BCUT2D eigenvalue weighted by Gasteiger charge is -2.24. The maximum Gasteiger partial charge on any atom is 0.472 e.